The van der Waals surface area contributed by atoms with Crippen LogP contribution in [0.25, 0.3) is 145 Å². The molecular weight excluding hydrogens is 1050 g/mol. The van der Waals surface area contributed by atoms with Crippen LogP contribution < -0.4 is 0 Å². The second kappa shape index (κ2) is 21.2. The molecule has 86 heavy (non-hydrogen) atoms. The Hall–Kier alpha value is -12.3. The third-order valence-electron chi connectivity index (χ3n) is 16.3. The van der Waals surface area contributed by atoms with Crippen LogP contribution in [0.15, 0.2) is 279 Å². The van der Waals surface area contributed by atoms with E-state index >= 15 is 0 Å². The number of fused-ring (bicyclic) bond motifs is 6. The van der Waals surface area contributed by atoms with Crippen molar-refractivity contribution in [2.24, 2.45) is 0 Å². The summed E-state index contributed by atoms with van der Waals surface area (Å²) >= 11 is 0. The van der Waals surface area contributed by atoms with Crippen LogP contribution in [0.4, 0.5) is 0 Å². The quantitative estimate of drug-likeness (QED) is 0.135. The Kier molecular flexibility index (Phi) is 12.5. The average Bonchev–Trinajstić information content (AvgIpc) is 1.99. The lowest BCUT2D eigenvalue weighted by atomic mass is 9.98. The molecule has 0 aliphatic carbocycles. The zero-order valence-electron chi connectivity index (χ0n) is 46.1. The van der Waals surface area contributed by atoms with Crippen LogP contribution in [0.2, 0.25) is 0 Å². The van der Waals surface area contributed by atoms with Gasteiger partial charge < -0.3 is 9.13 Å². The summed E-state index contributed by atoms with van der Waals surface area (Å²) in [6, 6.07) is 102. The summed E-state index contributed by atoms with van der Waals surface area (Å²) in [4.78, 5) is 16.6. The number of nitriles is 3. The van der Waals surface area contributed by atoms with E-state index in [9.17, 15) is 15.8 Å². The third kappa shape index (κ3) is 8.90. The highest BCUT2D eigenvalue weighted by Crippen LogP contribution is 2.43. The van der Waals surface area contributed by atoms with Crippen LogP contribution in [-0.4, -0.2) is 24.1 Å². The van der Waals surface area contributed by atoms with Gasteiger partial charge in [0, 0.05) is 38.2 Å². The first-order chi connectivity index (χ1) is 42.5. The number of aromatic nitrogens is 5. The van der Waals surface area contributed by atoms with Crippen LogP contribution in [0.5, 0.6) is 0 Å². The fraction of sp³-hybridized carbons (Fsp3) is 0. The Bertz CT molecular complexity index is 5050. The molecule has 12 aromatic carbocycles. The van der Waals surface area contributed by atoms with Crippen LogP contribution in [0, 0.1) is 34.0 Å². The highest BCUT2D eigenvalue weighted by atomic mass is 15.1. The molecule has 8 heteroatoms. The second-order valence-electron chi connectivity index (χ2n) is 21.3. The molecule has 0 spiro atoms. The smallest absolute Gasteiger partial charge is 0.166 e. The van der Waals surface area contributed by atoms with Gasteiger partial charge in [0.15, 0.2) is 17.5 Å². The molecule has 15 rings (SSSR count). The molecule has 0 saturated carbocycles. The first kappa shape index (κ1) is 50.7. The van der Waals surface area contributed by atoms with Gasteiger partial charge in [0.05, 0.1) is 68.3 Å². The van der Waals surface area contributed by atoms with Crippen molar-refractivity contribution in [2.45, 2.75) is 0 Å². The van der Waals surface area contributed by atoms with E-state index in [-0.39, 0.29) is 0 Å². The van der Waals surface area contributed by atoms with Crippen molar-refractivity contribution in [3.8, 4) is 119 Å². The molecule has 0 atom stereocenters. The summed E-state index contributed by atoms with van der Waals surface area (Å²) in [5.74, 6) is 1.33. The maximum absolute atomic E-state index is 10.1. The Morgan fingerprint density at radius 1 is 0.244 bits per heavy atom. The highest BCUT2D eigenvalue weighted by Gasteiger charge is 2.24. The number of nitrogens with zero attached hydrogens (tertiary/aromatic N) is 8. The first-order valence-corrected chi connectivity index (χ1v) is 28.3. The van der Waals surface area contributed by atoms with Gasteiger partial charge in [-0.3, -0.25) is 0 Å². The first-order valence-electron chi connectivity index (χ1n) is 28.3. The SMILES string of the molecule is N#Cc1cccc(-c2ccc(-c3nc(-c4ccc(-c5ccccc5C#N)cc4)nc(-c4ccc(-c5cccc(C#N)c5)cc4-n4c5ccccc5c5cc(-c6ccccc6)ccc54)n3)c(-n3c4ccccc4c4cc(-c5ccccc5)ccc43)c2)c1. The fourth-order valence-electron chi connectivity index (χ4n) is 12.2. The summed E-state index contributed by atoms with van der Waals surface area (Å²) in [5, 5.41) is 34.7. The predicted octanol–water partition coefficient (Wildman–Crippen LogP) is 19.0. The van der Waals surface area contributed by atoms with E-state index in [4.69, 9.17) is 15.0 Å². The summed E-state index contributed by atoms with van der Waals surface area (Å²) in [7, 11) is 0. The highest BCUT2D eigenvalue weighted by molar-refractivity contribution is 6.12. The lowest BCUT2D eigenvalue weighted by Crippen LogP contribution is -2.06. The van der Waals surface area contributed by atoms with Gasteiger partial charge in [0.25, 0.3) is 0 Å². The number of para-hydroxylation sites is 2. The Labute approximate surface area is 495 Å². The zero-order valence-corrected chi connectivity index (χ0v) is 46.1. The minimum atomic E-state index is 0.439. The standard InChI is InChI=1S/C78H46N8/c79-47-50-15-13-22-56(41-50)60-33-37-66(74(45-60)85-70-27-11-9-25-64(70)68-43-58(35-39-72(68)85)52-17-3-1-4-18-52)77-82-76(55-31-29-54(30-32-55)63-24-8-7-21-62(63)49-81)83-78(84-77)67-38-34-61(57-23-14-16-51(42-57)48-80)46-75(67)86-71-28-12-10-26-65(71)69-44-59(36-40-73(69)86)53-19-5-2-6-20-53/h1-46H. The van der Waals surface area contributed by atoms with E-state index in [1.54, 1.807) is 0 Å². The maximum atomic E-state index is 10.1. The minimum Gasteiger partial charge on any atom is -0.308 e. The monoisotopic (exact) mass is 1090 g/mol. The molecule has 0 unspecified atom stereocenters. The van der Waals surface area contributed by atoms with Crippen LogP contribution in [0.1, 0.15) is 16.7 Å². The summed E-state index contributed by atoms with van der Waals surface area (Å²) in [6.07, 6.45) is 0. The Morgan fingerprint density at radius 3 is 1.13 bits per heavy atom. The van der Waals surface area contributed by atoms with Gasteiger partial charge in [0.1, 0.15) is 0 Å². The molecule has 8 nitrogen and oxygen atoms in total. The van der Waals surface area contributed by atoms with Crippen molar-refractivity contribution in [1.29, 1.82) is 15.8 Å². The molecule has 0 bridgehead atoms. The zero-order chi connectivity index (χ0) is 57.7. The molecule has 0 amide bonds. The van der Waals surface area contributed by atoms with Gasteiger partial charge in [-0.2, -0.15) is 15.8 Å². The molecule has 0 radical (unpaired) electrons. The van der Waals surface area contributed by atoms with Crippen molar-refractivity contribution in [3.63, 3.8) is 0 Å². The van der Waals surface area contributed by atoms with Crippen molar-refractivity contribution in [3.05, 3.63) is 296 Å². The van der Waals surface area contributed by atoms with Gasteiger partial charge in [-0.25, -0.2) is 15.0 Å². The van der Waals surface area contributed by atoms with E-state index in [1.165, 1.54) is 0 Å². The lowest BCUT2D eigenvalue weighted by molar-refractivity contribution is 1.06. The molecule has 0 N–H and O–H groups in total. The van der Waals surface area contributed by atoms with Crippen molar-refractivity contribution >= 4 is 43.6 Å². The third-order valence-corrected chi connectivity index (χ3v) is 16.3. The molecule has 3 aromatic heterocycles. The topological polar surface area (TPSA) is 120 Å². The Balaban J connectivity index is 1.01. The molecule has 3 heterocycles. The lowest BCUT2D eigenvalue weighted by Gasteiger charge is -2.18. The molecule has 398 valence electrons. The van der Waals surface area contributed by atoms with Crippen LogP contribution in [0.3, 0.4) is 0 Å². The number of hydrogen-bond acceptors (Lipinski definition) is 6. The summed E-state index contributed by atoms with van der Waals surface area (Å²) in [6.45, 7) is 0. The van der Waals surface area contributed by atoms with E-state index in [1.807, 2.05) is 109 Å². The normalized spacial score (nSPS) is 11.2. The molecule has 0 aliphatic rings. The molecule has 0 aliphatic heterocycles. The van der Waals surface area contributed by atoms with E-state index in [2.05, 4.69) is 197 Å². The second-order valence-corrected chi connectivity index (χ2v) is 21.3. The van der Waals surface area contributed by atoms with Gasteiger partial charge >= 0.3 is 0 Å². The summed E-state index contributed by atoms with van der Waals surface area (Å²) in [5.41, 5.74) is 19.4. The Morgan fingerprint density at radius 2 is 0.628 bits per heavy atom. The molecule has 0 fully saturated rings. The van der Waals surface area contributed by atoms with Gasteiger partial charge in [-0.05, 0) is 147 Å². The molecular formula is C78H46N8. The van der Waals surface area contributed by atoms with Gasteiger partial charge in [0.2, 0.25) is 0 Å². The average molecular weight is 1100 g/mol. The largest absolute Gasteiger partial charge is 0.308 e. The minimum absolute atomic E-state index is 0.439. The maximum Gasteiger partial charge on any atom is 0.166 e. The van der Waals surface area contributed by atoms with E-state index < -0.39 is 0 Å². The number of benzene rings is 12. The summed E-state index contributed by atoms with van der Waals surface area (Å²) < 4.78 is 4.63. The van der Waals surface area contributed by atoms with E-state index in [0.717, 1.165) is 127 Å². The van der Waals surface area contributed by atoms with Crippen LogP contribution >= 0.6 is 0 Å². The van der Waals surface area contributed by atoms with Crippen molar-refractivity contribution < 1.29 is 0 Å². The molecule has 15 aromatic rings. The molecule has 0 saturated heterocycles. The fourth-order valence-corrected chi connectivity index (χ4v) is 12.2. The number of rotatable bonds is 10. The van der Waals surface area contributed by atoms with Gasteiger partial charge in [-0.15, -0.1) is 0 Å². The number of hydrogen-bond donors (Lipinski definition) is 0. The van der Waals surface area contributed by atoms with E-state index in [0.29, 0.717) is 34.2 Å². The van der Waals surface area contributed by atoms with Crippen molar-refractivity contribution in [2.75, 3.05) is 0 Å². The van der Waals surface area contributed by atoms with Gasteiger partial charge in [-0.1, -0.05) is 188 Å². The predicted molar refractivity (Wildman–Crippen MR) is 346 cm³/mol. The van der Waals surface area contributed by atoms with Crippen LogP contribution in [-0.2, 0) is 0 Å². The van der Waals surface area contributed by atoms with Crippen molar-refractivity contribution in [1.82, 2.24) is 24.1 Å².